The quantitative estimate of drug-likeness (QED) is 0.651. The first kappa shape index (κ1) is 11.9. The van der Waals surface area contributed by atoms with Crippen molar-refractivity contribution in [1.29, 1.82) is 0 Å². The molecule has 2 heteroatoms. The lowest BCUT2D eigenvalue weighted by atomic mass is 9.81. The first-order chi connectivity index (χ1) is 6.86. The van der Waals surface area contributed by atoms with Crippen LogP contribution in [0.25, 0.3) is 0 Å². The standard InChI is InChI=1S/C13H18O2/c1-7(2)10-6-11(14)9(5)12(8(3)4)13(10)15/h6-8H,1-5H3. The highest BCUT2D eigenvalue weighted by Crippen LogP contribution is 2.28. The van der Waals surface area contributed by atoms with Gasteiger partial charge in [-0.1, -0.05) is 27.7 Å². The fourth-order valence-electron chi connectivity index (χ4n) is 1.90. The van der Waals surface area contributed by atoms with E-state index >= 15 is 0 Å². The van der Waals surface area contributed by atoms with Gasteiger partial charge < -0.3 is 0 Å². The average Bonchev–Trinajstić information content (AvgIpc) is 2.10. The van der Waals surface area contributed by atoms with Crippen molar-refractivity contribution < 1.29 is 9.59 Å². The largest absolute Gasteiger partial charge is 0.290 e. The Morgan fingerprint density at radius 3 is 1.93 bits per heavy atom. The summed E-state index contributed by atoms with van der Waals surface area (Å²) in [5, 5.41) is 0. The van der Waals surface area contributed by atoms with Gasteiger partial charge in [0, 0.05) is 16.7 Å². The summed E-state index contributed by atoms with van der Waals surface area (Å²) < 4.78 is 0. The Morgan fingerprint density at radius 1 is 1.00 bits per heavy atom. The van der Waals surface area contributed by atoms with Crippen molar-refractivity contribution in [2.45, 2.75) is 34.6 Å². The molecule has 0 spiro atoms. The highest BCUT2D eigenvalue weighted by Gasteiger charge is 2.28. The van der Waals surface area contributed by atoms with Gasteiger partial charge in [-0.2, -0.15) is 0 Å². The number of ketones is 2. The lowest BCUT2D eigenvalue weighted by Gasteiger charge is -2.21. The predicted octanol–water partition coefficient (Wildman–Crippen LogP) is 2.69. The van der Waals surface area contributed by atoms with Gasteiger partial charge in [0.05, 0.1) is 0 Å². The van der Waals surface area contributed by atoms with E-state index in [0.29, 0.717) is 16.7 Å². The molecule has 1 aliphatic carbocycles. The molecule has 0 aliphatic heterocycles. The number of hydrogen-bond donors (Lipinski definition) is 0. The third kappa shape index (κ3) is 2.09. The first-order valence-corrected chi connectivity index (χ1v) is 5.37. The molecule has 1 rings (SSSR count). The fraction of sp³-hybridized carbons (Fsp3) is 0.538. The Hall–Kier alpha value is -1.18. The van der Waals surface area contributed by atoms with E-state index < -0.39 is 0 Å². The molecular weight excluding hydrogens is 188 g/mol. The third-order valence-corrected chi connectivity index (χ3v) is 2.77. The maximum Gasteiger partial charge on any atom is 0.186 e. The van der Waals surface area contributed by atoms with Crippen LogP contribution in [0.1, 0.15) is 34.6 Å². The molecule has 82 valence electrons. The number of rotatable bonds is 2. The van der Waals surface area contributed by atoms with Crippen molar-refractivity contribution >= 4 is 11.6 Å². The van der Waals surface area contributed by atoms with E-state index in [-0.39, 0.29) is 23.4 Å². The molecule has 0 aromatic rings. The minimum atomic E-state index is -0.0120. The van der Waals surface area contributed by atoms with Crippen molar-refractivity contribution in [1.82, 2.24) is 0 Å². The summed E-state index contributed by atoms with van der Waals surface area (Å²) in [5.74, 6) is 0.270. The zero-order valence-electron chi connectivity index (χ0n) is 10.0. The van der Waals surface area contributed by atoms with Gasteiger partial charge >= 0.3 is 0 Å². The molecular formula is C13H18O2. The van der Waals surface area contributed by atoms with Crippen molar-refractivity contribution in [3.8, 4) is 0 Å². The van der Waals surface area contributed by atoms with Gasteiger partial charge in [0.25, 0.3) is 0 Å². The maximum absolute atomic E-state index is 12.1. The van der Waals surface area contributed by atoms with E-state index in [9.17, 15) is 9.59 Å². The van der Waals surface area contributed by atoms with E-state index in [0.717, 1.165) is 0 Å². The monoisotopic (exact) mass is 206 g/mol. The molecule has 0 aromatic carbocycles. The number of allylic oxidation sites excluding steroid dienone is 4. The second-order valence-electron chi connectivity index (χ2n) is 4.64. The zero-order valence-corrected chi connectivity index (χ0v) is 10.0. The summed E-state index contributed by atoms with van der Waals surface area (Å²) in [6.45, 7) is 9.52. The second kappa shape index (κ2) is 4.13. The van der Waals surface area contributed by atoms with Gasteiger partial charge in [-0.15, -0.1) is 0 Å². The maximum atomic E-state index is 12.1. The molecule has 0 unspecified atom stereocenters. The summed E-state index contributed by atoms with van der Waals surface area (Å²) >= 11 is 0. The fourth-order valence-corrected chi connectivity index (χ4v) is 1.90. The molecule has 0 N–H and O–H groups in total. The molecule has 0 atom stereocenters. The molecule has 0 heterocycles. The third-order valence-electron chi connectivity index (χ3n) is 2.77. The molecule has 0 aromatic heterocycles. The topological polar surface area (TPSA) is 34.1 Å². The van der Waals surface area contributed by atoms with Gasteiger partial charge in [0.2, 0.25) is 0 Å². The predicted molar refractivity (Wildman–Crippen MR) is 60.5 cm³/mol. The summed E-state index contributed by atoms with van der Waals surface area (Å²) in [7, 11) is 0. The van der Waals surface area contributed by atoms with Crippen molar-refractivity contribution in [3.63, 3.8) is 0 Å². The van der Waals surface area contributed by atoms with E-state index in [1.54, 1.807) is 6.92 Å². The van der Waals surface area contributed by atoms with Crippen LogP contribution in [0.2, 0.25) is 0 Å². The van der Waals surface area contributed by atoms with Crippen LogP contribution >= 0.6 is 0 Å². The molecule has 0 saturated heterocycles. The number of carbonyl (C=O) groups is 2. The lowest BCUT2D eigenvalue weighted by Crippen LogP contribution is -2.23. The first-order valence-electron chi connectivity index (χ1n) is 5.37. The highest BCUT2D eigenvalue weighted by atomic mass is 16.1. The summed E-state index contributed by atoms with van der Waals surface area (Å²) in [6.07, 6.45) is 1.49. The van der Waals surface area contributed by atoms with Crippen LogP contribution in [0.3, 0.4) is 0 Å². The van der Waals surface area contributed by atoms with Crippen molar-refractivity contribution in [3.05, 3.63) is 22.8 Å². The van der Waals surface area contributed by atoms with Gasteiger partial charge in [-0.25, -0.2) is 0 Å². The normalized spacial score (nSPS) is 17.9. The van der Waals surface area contributed by atoms with E-state index in [4.69, 9.17) is 0 Å². The van der Waals surface area contributed by atoms with Gasteiger partial charge in [-0.05, 0) is 24.8 Å². The van der Waals surface area contributed by atoms with E-state index in [1.165, 1.54) is 6.08 Å². The molecule has 1 aliphatic rings. The van der Waals surface area contributed by atoms with Crippen LogP contribution in [-0.4, -0.2) is 11.6 Å². The smallest absolute Gasteiger partial charge is 0.186 e. The van der Waals surface area contributed by atoms with E-state index in [2.05, 4.69) is 0 Å². The van der Waals surface area contributed by atoms with Crippen LogP contribution in [0.15, 0.2) is 22.8 Å². The van der Waals surface area contributed by atoms with Crippen LogP contribution < -0.4 is 0 Å². The summed E-state index contributed by atoms with van der Waals surface area (Å²) in [5.41, 5.74) is 1.94. The van der Waals surface area contributed by atoms with Crippen LogP contribution in [0.4, 0.5) is 0 Å². The molecule has 0 amide bonds. The Kier molecular flexibility index (Phi) is 3.28. The number of carbonyl (C=O) groups excluding carboxylic acids is 2. The van der Waals surface area contributed by atoms with Gasteiger partial charge in [0.15, 0.2) is 11.6 Å². The Morgan fingerprint density at radius 2 is 1.53 bits per heavy atom. The molecule has 0 saturated carbocycles. The Bertz CT molecular complexity index is 368. The van der Waals surface area contributed by atoms with Crippen LogP contribution in [0, 0.1) is 11.8 Å². The molecule has 0 fully saturated rings. The van der Waals surface area contributed by atoms with Crippen LogP contribution in [0.5, 0.6) is 0 Å². The lowest BCUT2D eigenvalue weighted by molar-refractivity contribution is -0.116. The highest BCUT2D eigenvalue weighted by molar-refractivity contribution is 6.22. The number of Topliss-reactive ketones (excluding diaryl/α,β-unsaturated/α-hetero) is 1. The zero-order chi connectivity index (χ0) is 11.7. The summed E-state index contributed by atoms with van der Waals surface area (Å²) in [4.78, 5) is 23.8. The summed E-state index contributed by atoms with van der Waals surface area (Å²) in [6, 6.07) is 0. The molecule has 0 bridgehead atoms. The molecule has 2 nitrogen and oxygen atoms in total. The minimum Gasteiger partial charge on any atom is -0.290 e. The Balaban J connectivity index is 3.23. The van der Waals surface area contributed by atoms with Crippen LogP contribution in [-0.2, 0) is 9.59 Å². The number of hydrogen-bond acceptors (Lipinski definition) is 2. The van der Waals surface area contributed by atoms with E-state index in [1.807, 2.05) is 27.7 Å². The minimum absolute atomic E-state index is 0.0120. The van der Waals surface area contributed by atoms with Crippen molar-refractivity contribution in [2.75, 3.05) is 0 Å². The Labute approximate surface area is 91.1 Å². The van der Waals surface area contributed by atoms with Gasteiger partial charge in [-0.3, -0.25) is 9.59 Å². The average molecular weight is 206 g/mol. The van der Waals surface area contributed by atoms with Gasteiger partial charge in [0.1, 0.15) is 0 Å². The second-order valence-corrected chi connectivity index (χ2v) is 4.64. The van der Waals surface area contributed by atoms with Crippen molar-refractivity contribution in [2.24, 2.45) is 11.8 Å². The SMILES string of the molecule is CC1=C(C(C)C)C(=O)C(C(C)C)=CC1=O. The molecule has 15 heavy (non-hydrogen) atoms. The molecule has 0 radical (unpaired) electrons.